The van der Waals surface area contributed by atoms with E-state index in [0.717, 1.165) is 24.2 Å². The van der Waals surface area contributed by atoms with Crippen molar-refractivity contribution < 1.29 is 0 Å². The van der Waals surface area contributed by atoms with Crippen LogP contribution in [-0.2, 0) is 0 Å². The minimum atomic E-state index is 0.666. The van der Waals surface area contributed by atoms with Gasteiger partial charge in [0.1, 0.15) is 0 Å². The Morgan fingerprint density at radius 1 is 1.31 bits per heavy atom. The van der Waals surface area contributed by atoms with E-state index in [2.05, 4.69) is 40.3 Å². The highest BCUT2D eigenvalue weighted by Crippen LogP contribution is 2.38. The maximum atomic E-state index is 3.83. The molecule has 0 aromatic rings. The Kier molecular flexibility index (Phi) is 5.31. The Balaban J connectivity index is 2.73. The van der Waals surface area contributed by atoms with Crippen molar-refractivity contribution in [3.05, 3.63) is 24.3 Å². The average molecular weight is 220 g/mol. The van der Waals surface area contributed by atoms with Crippen molar-refractivity contribution in [1.82, 2.24) is 0 Å². The molecule has 0 aromatic carbocycles. The first kappa shape index (κ1) is 13.5. The molecule has 0 aromatic heterocycles. The first-order chi connectivity index (χ1) is 7.54. The first-order valence-corrected chi connectivity index (χ1v) is 6.86. The summed E-state index contributed by atoms with van der Waals surface area (Å²) in [6.07, 6.45) is 9.81. The molecule has 0 heterocycles. The van der Waals surface area contributed by atoms with Gasteiger partial charge in [0.2, 0.25) is 0 Å². The van der Waals surface area contributed by atoms with Crippen LogP contribution in [0.3, 0.4) is 0 Å². The van der Waals surface area contributed by atoms with Gasteiger partial charge in [0.15, 0.2) is 0 Å². The standard InChI is InChI=1S/C16H28/c1-6-7-13(4)10-15-11-14(5)8-9-16(15)12(2)3/h6,10,12-14,16H,1,7-9,11H2,2-5H3/b15-10+/t13-,14-,16+/m1/s1. The summed E-state index contributed by atoms with van der Waals surface area (Å²) in [6, 6.07) is 0. The SMILES string of the molecule is C=CC[C@@H](C)/C=C1\C[C@H](C)CC[C@H]1C(C)C. The van der Waals surface area contributed by atoms with Gasteiger partial charge in [-0.1, -0.05) is 45.4 Å². The molecule has 16 heavy (non-hydrogen) atoms. The third kappa shape index (κ3) is 3.81. The average Bonchev–Trinajstić information content (AvgIpc) is 2.17. The molecule has 1 aliphatic carbocycles. The second kappa shape index (κ2) is 6.27. The van der Waals surface area contributed by atoms with Gasteiger partial charge in [-0.25, -0.2) is 0 Å². The summed E-state index contributed by atoms with van der Waals surface area (Å²) in [5.74, 6) is 3.19. The molecule has 0 aliphatic heterocycles. The van der Waals surface area contributed by atoms with E-state index in [1.165, 1.54) is 19.3 Å². The fraction of sp³-hybridized carbons (Fsp3) is 0.750. The van der Waals surface area contributed by atoms with Gasteiger partial charge in [-0.2, -0.15) is 0 Å². The molecule has 1 fully saturated rings. The van der Waals surface area contributed by atoms with Gasteiger partial charge < -0.3 is 0 Å². The van der Waals surface area contributed by atoms with Crippen molar-refractivity contribution in [2.75, 3.05) is 0 Å². The zero-order chi connectivity index (χ0) is 12.1. The largest absolute Gasteiger partial charge is 0.103 e. The number of rotatable bonds is 4. The molecular weight excluding hydrogens is 192 g/mol. The van der Waals surface area contributed by atoms with Crippen LogP contribution in [0, 0.1) is 23.7 Å². The van der Waals surface area contributed by atoms with Gasteiger partial charge in [-0.05, 0) is 49.4 Å². The second-order valence-electron chi connectivity index (χ2n) is 5.98. The molecule has 0 radical (unpaired) electrons. The van der Waals surface area contributed by atoms with Crippen molar-refractivity contribution in [2.45, 2.75) is 53.4 Å². The lowest BCUT2D eigenvalue weighted by atomic mass is 9.73. The first-order valence-electron chi connectivity index (χ1n) is 6.86. The predicted molar refractivity (Wildman–Crippen MR) is 73.4 cm³/mol. The molecule has 1 rings (SSSR count). The molecule has 1 saturated carbocycles. The van der Waals surface area contributed by atoms with Gasteiger partial charge in [0.25, 0.3) is 0 Å². The summed E-state index contributed by atoms with van der Waals surface area (Å²) < 4.78 is 0. The third-order valence-electron chi connectivity index (χ3n) is 3.87. The molecule has 0 unspecified atom stereocenters. The normalized spacial score (nSPS) is 30.7. The Labute approximate surface area is 102 Å². The van der Waals surface area contributed by atoms with E-state index in [1.54, 1.807) is 5.57 Å². The minimum absolute atomic E-state index is 0.666. The van der Waals surface area contributed by atoms with E-state index >= 15 is 0 Å². The van der Waals surface area contributed by atoms with E-state index < -0.39 is 0 Å². The highest BCUT2D eigenvalue weighted by molar-refractivity contribution is 5.13. The lowest BCUT2D eigenvalue weighted by Crippen LogP contribution is -2.20. The maximum Gasteiger partial charge on any atom is -0.0180 e. The second-order valence-corrected chi connectivity index (χ2v) is 5.98. The zero-order valence-corrected chi connectivity index (χ0v) is 11.5. The van der Waals surface area contributed by atoms with Crippen LogP contribution in [0.25, 0.3) is 0 Å². The molecule has 0 N–H and O–H groups in total. The summed E-state index contributed by atoms with van der Waals surface area (Å²) in [6.45, 7) is 13.3. The van der Waals surface area contributed by atoms with Crippen LogP contribution < -0.4 is 0 Å². The molecule has 1 aliphatic rings. The Morgan fingerprint density at radius 3 is 2.56 bits per heavy atom. The molecule has 0 spiro atoms. The molecular formula is C16H28. The van der Waals surface area contributed by atoms with Crippen LogP contribution in [0.2, 0.25) is 0 Å². The van der Waals surface area contributed by atoms with Gasteiger partial charge in [0, 0.05) is 0 Å². The predicted octanol–water partition coefficient (Wildman–Crippen LogP) is 5.22. The Bertz CT molecular complexity index is 247. The Hall–Kier alpha value is -0.520. The van der Waals surface area contributed by atoms with E-state index in [0.29, 0.717) is 5.92 Å². The number of hydrogen-bond donors (Lipinski definition) is 0. The third-order valence-corrected chi connectivity index (χ3v) is 3.87. The topological polar surface area (TPSA) is 0 Å². The summed E-state index contributed by atoms with van der Waals surface area (Å²) in [4.78, 5) is 0. The summed E-state index contributed by atoms with van der Waals surface area (Å²) >= 11 is 0. The van der Waals surface area contributed by atoms with Crippen LogP contribution >= 0.6 is 0 Å². The van der Waals surface area contributed by atoms with Crippen molar-refractivity contribution in [2.24, 2.45) is 23.7 Å². The van der Waals surface area contributed by atoms with Crippen LogP contribution in [0.15, 0.2) is 24.3 Å². The minimum Gasteiger partial charge on any atom is -0.103 e. The van der Waals surface area contributed by atoms with Gasteiger partial charge in [0.05, 0.1) is 0 Å². The Morgan fingerprint density at radius 2 is 2.00 bits per heavy atom. The van der Waals surface area contributed by atoms with E-state index in [-0.39, 0.29) is 0 Å². The van der Waals surface area contributed by atoms with Crippen molar-refractivity contribution in [3.8, 4) is 0 Å². The smallest absolute Gasteiger partial charge is 0.0180 e. The summed E-state index contributed by atoms with van der Waals surface area (Å²) in [7, 11) is 0. The zero-order valence-electron chi connectivity index (χ0n) is 11.5. The van der Waals surface area contributed by atoms with Crippen LogP contribution in [-0.4, -0.2) is 0 Å². The fourth-order valence-corrected chi connectivity index (χ4v) is 2.95. The highest BCUT2D eigenvalue weighted by atomic mass is 14.3. The monoisotopic (exact) mass is 220 g/mol. The van der Waals surface area contributed by atoms with Gasteiger partial charge in [-0.15, -0.1) is 6.58 Å². The molecule has 3 atom stereocenters. The fourth-order valence-electron chi connectivity index (χ4n) is 2.95. The molecule has 0 bridgehead atoms. The molecule has 0 nitrogen and oxygen atoms in total. The summed E-state index contributed by atoms with van der Waals surface area (Å²) in [5, 5.41) is 0. The van der Waals surface area contributed by atoms with Crippen molar-refractivity contribution in [1.29, 1.82) is 0 Å². The van der Waals surface area contributed by atoms with Gasteiger partial charge in [-0.3, -0.25) is 0 Å². The number of allylic oxidation sites excluding steroid dienone is 3. The highest BCUT2D eigenvalue weighted by Gasteiger charge is 2.25. The number of hydrogen-bond acceptors (Lipinski definition) is 0. The molecule has 92 valence electrons. The summed E-state index contributed by atoms with van der Waals surface area (Å²) in [5.41, 5.74) is 1.73. The lowest BCUT2D eigenvalue weighted by molar-refractivity contribution is 0.305. The van der Waals surface area contributed by atoms with Crippen LogP contribution in [0.1, 0.15) is 53.4 Å². The molecule has 0 amide bonds. The van der Waals surface area contributed by atoms with Crippen molar-refractivity contribution in [3.63, 3.8) is 0 Å². The van der Waals surface area contributed by atoms with E-state index in [9.17, 15) is 0 Å². The van der Waals surface area contributed by atoms with Crippen LogP contribution in [0.5, 0.6) is 0 Å². The molecule has 0 heteroatoms. The van der Waals surface area contributed by atoms with E-state index in [1.807, 2.05) is 6.08 Å². The van der Waals surface area contributed by atoms with E-state index in [4.69, 9.17) is 0 Å². The van der Waals surface area contributed by atoms with Crippen LogP contribution in [0.4, 0.5) is 0 Å². The van der Waals surface area contributed by atoms with Gasteiger partial charge >= 0.3 is 0 Å². The molecule has 0 saturated heterocycles. The lowest BCUT2D eigenvalue weighted by Gasteiger charge is -2.33. The quantitative estimate of drug-likeness (QED) is 0.570. The maximum absolute atomic E-state index is 3.83. The van der Waals surface area contributed by atoms with Crippen molar-refractivity contribution >= 4 is 0 Å².